The zero-order valence-corrected chi connectivity index (χ0v) is 13.8. The molecule has 1 heterocycles. The second-order valence-electron chi connectivity index (χ2n) is 4.98. The summed E-state index contributed by atoms with van der Waals surface area (Å²) in [6.45, 7) is 3.41. The van der Waals surface area contributed by atoms with Gasteiger partial charge in [0, 0.05) is 26.3 Å². The standard InChI is InChI=1S/C15H20BrN3O2/c1-11-3-4-15(14(16)7-11)21-10-13(20)9-17-8-12-5-6-18-19(12)2/h3-7,13,17,20H,8-10H2,1-2H3. The maximum absolute atomic E-state index is 9.93. The summed E-state index contributed by atoms with van der Waals surface area (Å²) >= 11 is 3.45. The number of nitrogens with one attached hydrogen (secondary N) is 1. The van der Waals surface area contributed by atoms with E-state index >= 15 is 0 Å². The Kier molecular flexibility index (Phi) is 5.78. The maximum atomic E-state index is 9.93. The smallest absolute Gasteiger partial charge is 0.133 e. The third-order valence-corrected chi connectivity index (χ3v) is 3.75. The second kappa shape index (κ2) is 7.59. The van der Waals surface area contributed by atoms with E-state index in [-0.39, 0.29) is 6.61 Å². The molecule has 2 aromatic rings. The number of aryl methyl sites for hydroxylation is 2. The lowest BCUT2D eigenvalue weighted by Gasteiger charge is -2.14. The van der Waals surface area contributed by atoms with Gasteiger partial charge in [-0.3, -0.25) is 4.68 Å². The first kappa shape index (κ1) is 16.0. The molecule has 1 unspecified atom stereocenters. The van der Waals surface area contributed by atoms with E-state index in [0.29, 0.717) is 13.1 Å². The number of ether oxygens (including phenoxy) is 1. The molecule has 1 aromatic carbocycles. The van der Waals surface area contributed by atoms with Crippen LogP contribution in [0.5, 0.6) is 5.75 Å². The first-order chi connectivity index (χ1) is 10.1. The van der Waals surface area contributed by atoms with E-state index < -0.39 is 6.10 Å². The molecule has 6 heteroatoms. The predicted octanol–water partition coefficient (Wildman–Crippen LogP) is 2.02. The van der Waals surface area contributed by atoms with Crippen molar-refractivity contribution in [3.8, 4) is 5.75 Å². The number of halogens is 1. The molecular weight excluding hydrogens is 334 g/mol. The molecule has 21 heavy (non-hydrogen) atoms. The number of hydrogen-bond acceptors (Lipinski definition) is 4. The fourth-order valence-electron chi connectivity index (χ4n) is 1.91. The van der Waals surface area contributed by atoms with Crippen molar-refractivity contribution in [1.82, 2.24) is 15.1 Å². The highest BCUT2D eigenvalue weighted by molar-refractivity contribution is 9.10. The molecule has 0 saturated carbocycles. The average molecular weight is 354 g/mol. The molecule has 1 atom stereocenters. The van der Waals surface area contributed by atoms with Crippen LogP contribution in [0.4, 0.5) is 0 Å². The molecule has 1 aromatic heterocycles. The van der Waals surface area contributed by atoms with E-state index in [1.165, 1.54) is 0 Å². The highest BCUT2D eigenvalue weighted by atomic mass is 79.9. The fourth-order valence-corrected chi connectivity index (χ4v) is 2.52. The van der Waals surface area contributed by atoms with E-state index in [1.54, 1.807) is 10.9 Å². The first-order valence-corrected chi connectivity index (χ1v) is 7.60. The zero-order valence-electron chi connectivity index (χ0n) is 12.2. The molecule has 0 aliphatic rings. The lowest BCUT2D eigenvalue weighted by Crippen LogP contribution is -2.31. The Labute approximate surface area is 133 Å². The molecule has 2 rings (SSSR count). The number of hydrogen-bond donors (Lipinski definition) is 2. The van der Waals surface area contributed by atoms with Gasteiger partial charge < -0.3 is 15.2 Å². The van der Waals surface area contributed by atoms with Crippen LogP contribution in [0.1, 0.15) is 11.3 Å². The molecule has 0 saturated heterocycles. The topological polar surface area (TPSA) is 59.3 Å². The third kappa shape index (κ3) is 4.84. The van der Waals surface area contributed by atoms with Crippen LogP contribution < -0.4 is 10.1 Å². The van der Waals surface area contributed by atoms with E-state index in [1.807, 2.05) is 38.2 Å². The van der Waals surface area contributed by atoms with Gasteiger partial charge in [0.15, 0.2) is 0 Å². The van der Waals surface area contributed by atoms with Crippen LogP contribution in [0.25, 0.3) is 0 Å². The molecule has 0 bridgehead atoms. The monoisotopic (exact) mass is 353 g/mol. The average Bonchev–Trinajstić information content (AvgIpc) is 2.83. The van der Waals surface area contributed by atoms with Crippen LogP contribution in [0.3, 0.4) is 0 Å². The molecule has 0 radical (unpaired) electrons. The Morgan fingerprint density at radius 2 is 2.24 bits per heavy atom. The minimum Gasteiger partial charge on any atom is -0.490 e. The van der Waals surface area contributed by atoms with E-state index in [2.05, 4.69) is 26.3 Å². The Morgan fingerprint density at radius 1 is 1.43 bits per heavy atom. The van der Waals surface area contributed by atoms with Crippen molar-refractivity contribution in [2.75, 3.05) is 13.2 Å². The summed E-state index contributed by atoms with van der Waals surface area (Å²) in [7, 11) is 1.89. The molecule has 0 spiro atoms. The van der Waals surface area contributed by atoms with Gasteiger partial charge in [0.25, 0.3) is 0 Å². The van der Waals surface area contributed by atoms with Gasteiger partial charge in [-0.15, -0.1) is 0 Å². The number of nitrogens with zero attached hydrogens (tertiary/aromatic N) is 2. The van der Waals surface area contributed by atoms with Crippen molar-refractivity contribution in [3.05, 3.63) is 46.2 Å². The van der Waals surface area contributed by atoms with Crippen LogP contribution in [0.15, 0.2) is 34.9 Å². The van der Waals surface area contributed by atoms with Crippen LogP contribution >= 0.6 is 15.9 Å². The Morgan fingerprint density at radius 3 is 2.90 bits per heavy atom. The number of aliphatic hydroxyl groups is 1. The summed E-state index contributed by atoms with van der Waals surface area (Å²) in [5.41, 5.74) is 2.23. The molecular formula is C15H20BrN3O2. The highest BCUT2D eigenvalue weighted by Gasteiger charge is 2.08. The van der Waals surface area contributed by atoms with E-state index in [0.717, 1.165) is 21.5 Å². The van der Waals surface area contributed by atoms with Crippen LogP contribution in [0, 0.1) is 6.92 Å². The molecule has 0 fully saturated rings. The van der Waals surface area contributed by atoms with Crippen molar-refractivity contribution in [1.29, 1.82) is 0 Å². The summed E-state index contributed by atoms with van der Waals surface area (Å²) in [4.78, 5) is 0. The highest BCUT2D eigenvalue weighted by Crippen LogP contribution is 2.25. The second-order valence-corrected chi connectivity index (χ2v) is 5.83. The number of benzene rings is 1. The lowest BCUT2D eigenvalue weighted by molar-refractivity contribution is 0.105. The zero-order chi connectivity index (χ0) is 15.2. The Balaban J connectivity index is 1.72. The predicted molar refractivity (Wildman–Crippen MR) is 85.3 cm³/mol. The maximum Gasteiger partial charge on any atom is 0.133 e. The normalized spacial score (nSPS) is 12.4. The van der Waals surface area contributed by atoms with Crippen molar-refractivity contribution in [2.45, 2.75) is 19.6 Å². The molecule has 5 nitrogen and oxygen atoms in total. The summed E-state index contributed by atoms with van der Waals surface area (Å²) in [5, 5.41) is 17.2. The third-order valence-electron chi connectivity index (χ3n) is 3.13. The van der Waals surface area contributed by atoms with Gasteiger partial charge in [-0.1, -0.05) is 6.07 Å². The van der Waals surface area contributed by atoms with Crippen molar-refractivity contribution < 1.29 is 9.84 Å². The van der Waals surface area contributed by atoms with Gasteiger partial charge in [-0.05, 0) is 46.6 Å². The Hall–Kier alpha value is -1.37. The summed E-state index contributed by atoms with van der Waals surface area (Å²) in [5.74, 6) is 0.742. The van der Waals surface area contributed by atoms with Gasteiger partial charge in [-0.2, -0.15) is 5.10 Å². The van der Waals surface area contributed by atoms with Crippen LogP contribution in [-0.4, -0.2) is 34.1 Å². The first-order valence-electron chi connectivity index (χ1n) is 6.81. The lowest BCUT2D eigenvalue weighted by atomic mass is 10.2. The molecule has 114 valence electrons. The van der Waals surface area contributed by atoms with Crippen molar-refractivity contribution in [3.63, 3.8) is 0 Å². The quantitative estimate of drug-likeness (QED) is 0.799. The molecule has 0 aliphatic carbocycles. The van der Waals surface area contributed by atoms with Gasteiger partial charge in [0.05, 0.1) is 10.2 Å². The fraction of sp³-hybridized carbons (Fsp3) is 0.400. The SMILES string of the molecule is Cc1ccc(OCC(O)CNCc2ccnn2C)c(Br)c1. The van der Waals surface area contributed by atoms with E-state index in [9.17, 15) is 5.11 Å². The summed E-state index contributed by atoms with van der Waals surface area (Å²) in [6.07, 6.45) is 1.19. The van der Waals surface area contributed by atoms with Gasteiger partial charge >= 0.3 is 0 Å². The van der Waals surface area contributed by atoms with Gasteiger partial charge in [0.2, 0.25) is 0 Å². The van der Waals surface area contributed by atoms with Crippen LogP contribution in [0.2, 0.25) is 0 Å². The van der Waals surface area contributed by atoms with Gasteiger partial charge in [0.1, 0.15) is 18.5 Å². The minimum atomic E-state index is -0.563. The molecule has 0 amide bonds. The molecule has 0 aliphatic heterocycles. The Bertz CT molecular complexity index is 586. The number of rotatable bonds is 7. The van der Waals surface area contributed by atoms with E-state index in [4.69, 9.17) is 4.74 Å². The van der Waals surface area contributed by atoms with Crippen molar-refractivity contribution >= 4 is 15.9 Å². The minimum absolute atomic E-state index is 0.250. The summed E-state index contributed by atoms with van der Waals surface area (Å²) in [6, 6.07) is 7.81. The van der Waals surface area contributed by atoms with Crippen molar-refractivity contribution in [2.24, 2.45) is 7.05 Å². The van der Waals surface area contributed by atoms with Crippen LogP contribution in [-0.2, 0) is 13.6 Å². The summed E-state index contributed by atoms with van der Waals surface area (Å²) < 4.78 is 8.32. The van der Waals surface area contributed by atoms with Gasteiger partial charge in [-0.25, -0.2) is 0 Å². The number of aromatic nitrogens is 2. The largest absolute Gasteiger partial charge is 0.490 e. The molecule has 2 N–H and O–H groups in total. The number of aliphatic hydroxyl groups excluding tert-OH is 1.